The fraction of sp³-hybridized carbons (Fsp3) is 0.750. The van der Waals surface area contributed by atoms with Crippen LogP contribution in [0, 0.1) is 5.92 Å². The molecule has 1 heterocycles. The quantitative estimate of drug-likeness (QED) is 0.641. The number of ether oxygens (including phenoxy) is 2. The highest BCUT2D eigenvalue weighted by molar-refractivity contribution is 7.99. The first-order valence-corrected chi connectivity index (χ1v) is 9.53. The summed E-state index contributed by atoms with van der Waals surface area (Å²) < 4.78 is 9.85. The number of esters is 2. The van der Waals surface area contributed by atoms with Gasteiger partial charge in [-0.2, -0.15) is 11.8 Å². The van der Waals surface area contributed by atoms with Crippen molar-refractivity contribution < 1.29 is 28.7 Å². The average molecular weight is 374 g/mol. The SMILES string of the molecule is CCOC(=O)CCCC(=O)NC1CSCC(C)COC(=O)CNC1=O. The Bertz CT molecular complexity index is 485. The molecule has 0 aromatic rings. The van der Waals surface area contributed by atoms with Crippen LogP contribution in [-0.4, -0.2) is 61.1 Å². The van der Waals surface area contributed by atoms with Crippen molar-refractivity contribution in [3.05, 3.63) is 0 Å². The highest BCUT2D eigenvalue weighted by atomic mass is 32.2. The Kier molecular flexibility index (Phi) is 9.98. The van der Waals surface area contributed by atoms with E-state index in [1.807, 2.05) is 6.92 Å². The summed E-state index contributed by atoms with van der Waals surface area (Å²) in [6, 6.07) is -0.724. The van der Waals surface area contributed by atoms with Gasteiger partial charge in [-0.15, -0.1) is 0 Å². The minimum Gasteiger partial charge on any atom is -0.466 e. The molecule has 1 aliphatic heterocycles. The predicted octanol–water partition coefficient (Wildman–Crippen LogP) is 0.247. The van der Waals surface area contributed by atoms with Crippen molar-refractivity contribution >= 4 is 35.5 Å². The van der Waals surface area contributed by atoms with E-state index in [4.69, 9.17) is 9.47 Å². The van der Waals surface area contributed by atoms with Crippen molar-refractivity contribution in [2.24, 2.45) is 5.92 Å². The Morgan fingerprint density at radius 2 is 2.08 bits per heavy atom. The molecule has 0 saturated carbocycles. The Morgan fingerprint density at radius 1 is 1.32 bits per heavy atom. The molecule has 8 nitrogen and oxygen atoms in total. The smallest absolute Gasteiger partial charge is 0.325 e. The van der Waals surface area contributed by atoms with E-state index in [0.717, 1.165) is 5.75 Å². The lowest BCUT2D eigenvalue weighted by atomic mass is 10.2. The number of rotatable bonds is 6. The van der Waals surface area contributed by atoms with Gasteiger partial charge in [-0.3, -0.25) is 19.2 Å². The summed E-state index contributed by atoms with van der Waals surface area (Å²) in [4.78, 5) is 46.9. The Balaban J connectivity index is 2.48. The maximum Gasteiger partial charge on any atom is 0.325 e. The van der Waals surface area contributed by atoms with Crippen LogP contribution in [0.2, 0.25) is 0 Å². The van der Waals surface area contributed by atoms with E-state index < -0.39 is 17.9 Å². The molecule has 25 heavy (non-hydrogen) atoms. The fourth-order valence-electron chi connectivity index (χ4n) is 2.08. The summed E-state index contributed by atoms with van der Waals surface area (Å²) >= 11 is 1.52. The first kappa shape index (κ1) is 21.3. The zero-order chi connectivity index (χ0) is 18.7. The average Bonchev–Trinajstić information content (AvgIpc) is 2.58. The normalized spacial score (nSPS) is 22.2. The van der Waals surface area contributed by atoms with Crippen LogP contribution in [0.15, 0.2) is 0 Å². The van der Waals surface area contributed by atoms with Gasteiger partial charge in [-0.25, -0.2) is 0 Å². The van der Waals surface area contributed by atoms with Gasteiger partial charge in [0.1, 0.15) is 12.6 Å². The molecule has 1 rings (SSSR count). The van der Waals surface area contributed by atoms with Crippen molar-refractivity contribution in [2.45, 2.75) is 39.2 Å². The van der Waals surface area contributed by atoms with Crippen LogP contribution >= 0.6 is 11.8 Å². The van der Waals surface area contributed by atoms with Crippen LogP contribution < -0.4 is 10.6 Å². The molecular formula is C16H26N2O6S. The van der Waals surface area contributed by atoms with Gasteiger partial charge in [-0.1, -0.05) is 6.92 Å². The summed E-state index contributed by atoms with van der Waals surface area (Å²) in [7, 11) is 0. The van der Waals surface area contributed by atoms with Gasteiger partial charge in [0, 0.05) is 18.6 Å². The minimum absolute atomic E-state index is 0.131. The fourth-order valence-corrected chi connectivity index (χ4v) is 3.18. The second-order valence-corrected chi connectivity index (χ2v) is 6.90. The number of hydrogen-bond acceptors (Lipinski definition) is 7. The lowest BCUT2D eigenvalue weighted by molar-refractivity contribution is -0.145. The highest BCUT2D eigenvalue weighted by Crippen LogP contribution is 2.12. The lowest BCUT2D eigenvalue weighted by Gasteiger charge is -2.17. The summed E-state index contributed by atoms with van der Waals surface area (Å²) in [6.45, 7) is 4.08. The molecule has 1 saturated heterocycles. The molecule has 0 aliphatic carbocycles. The topological polar surface area (TPSA) is 111 Å². The second-order valence-electron chi connectivity index (χ2n) is 5.82. The van der Waals surface area contributed by atoms with Gasteiger partial charge in [0.25, 0.3) is 0 Å². The van der Waals surface area contributed by atoms with E-state index in [1.165, 1.54) is 11.8 Å². The van der Waals surface area contributed by atoms with Crippen LogP contribution in [0.1, 0.15) is 33.1 Å². The number of nitrogens with one attached hydrogen (secondary N) is 2. The molecule has 1 aliphatic rings. The Labute approximate surface area is 151 Å². The molecule has 2 atom stereocenters. The van der Waals surface area contributed by atoms with Crippen LogP contribution in [0.5, 0.6) is 0 Å². The maximum atomic E-state index is 12.2. The van der Waals surface area contributed by atoms with E-state index in [9.17, 15) is 19.2 Å². The molecule has 2 unspecified atom stereocenters. The van der Waals surface area contributed by atoms with Gasteiger partial charge < -0.3 is 20.1 Å². The van der Waals surface area contributed by atoms with Crippen molar-refractivity contribution in [1.29, 1.82) is 0 Å². The third kappa shape index (κ3) is 9.33. The third-order valence-corrected chi connectivity index (χ3v) is 4.74. The molecule has 2 N–H and O–H groups in total. The highest BCUT2D eigenvalue weighted by Gasteiger charge is 2.23. The van der Waals surface area contributed by atoms with E-state index in [2.05, 4.69) is 10.6 Å². The number of cyclic esters (lactones) is 1. The summed E-state index contributed by atoms with van der Waals surface area (Å²) in [5.74, 6) is -0.266. The number of carbonyl (C=O) groups excluding carboxylic acids is 4. The molecule has 2 amide bonds. The number of amides is 2. The monoisotopic (exact) mass is 374 g/mol. The summed E-state index contributed by atoms with van der Waals surface area (Å²) in [5.41, 5.74) is 0. The van der Waals surface area contributed by atoms with Crippen molar-refractivity contribution in [3.63, 3.8) is 0 Å². The number of carbonyl (C=O) groups is 4. The summed E-state index contributed by atoms with van der Waals surface area (Å²) in [6.07, 6.45) is 0.650. The lowest BCUT2D eigenvalue weighted by Crippen LogP contribution is -2.49. The first-order chi connectivity index (χ1) is 11.9. The first-order valence-electron chi connectivity index (χ1n) is 8.38. The molecule has 0 spiro atoms. The van der Waals surface area contributed by atoms with Gasteiger partial charge >= 0.3 is 11.9 Å². The van der Waals surface area contributed by atoms with Gasteiger partial charge in [0.2, 0.25) is 11.8 Å². The maximum absolute atomic E-state index is 12.2. The largest absolute Gasteiger partial charge is 0.466 e. The van der Waals surface area contributed by atoms with E-state index >= 15 is 0 Å². The second kappa shape index (κ2) is 11.7. The van der Waals surface area contributed by atoms with E-state index in [1.54, 1.807) is 6.92 Å². The van der Waals surface area contributed by atoms with Gasteiger partial charge in [0.15, 0.2) is 0 Å². The van der Waals surface area contributed by atoms with E-state index in [0.29, 0.717) is 25.4 Å². The molecule has 0 aromatic carbocycles. The molecule has 9 heteroatoms. The van der Waals surface area contributed by atoms with Crippen molar-refractivity contribution in [1.82, 2.24) is 10.6 Å². The van der Waals surface area contributed by atoms with E-state index in [-0.39, 0.29) is 37.2 Å². The molecule has 142 valence electrons. The van der Waals surface area contributed by atoms with Crippen molar-refractivity contribution in [3.8, 4) is 0 Å². The zero-order valence-corrected chi connectivity index (χ0v) is 15.5. The molecule has 0 bridgehead atoms. The summed E-state index contributed by atoms with van der Waals surface area (Å²) in [5, 5.41) is 5.14. The van der Waals surface area contributed by atoms with Crippen LogP contribution in [0.4, 0.5) is 0 Å². The Morgan fingerprint density at radius 3 is 2.80 bits per heavy atom. The number of thioether (sulfide) groups is 1. The van der Waals surface area contributed by atoms with Gasteiger partial charge in [-0.05, 0) is 25.0 Å². The zero-order valence-electron chi connectivity index (χ0n) is 14.7. The van der Waals surface area contributed by atoms with Gasteiger partial charge in [0.05, 0.1) is 13.2 Å². The third-order valence-electron chi connectivity index (χ3n) is 3.36. The minimum atomic E-state index is -0.724. The van der Waals surface area contributed by atoms with Crippen LogP contribution in [-0.2, 0) is 28.7 Å². The Hall–Kier alpha value is -1.77. The molecular weight excluding hydrogens is 348 g/mol. The standard InChI is InChI=1S/C16H26N2O6S/c1-3-23-14(20)6-4-5-13(19)18-12-10-25-9-11(2)8-24-15(21)7-17-16(12)22/h11-12H,3-10H2,1-2H3,(H,17,22)(H,18,19). The van der Waals surface area contributed by atoms with Crippen LogP contribution in [0.3, 0.4) is 0 Å². The predicted molar refractivity (Wildman–Crippen MR) is 92.9 cm³/mol. The van der Waals surface area contributed by atoms with Crippen molar-refractivity contribution in [2.75, 3.05) is 31.3 Å². The molecule has 0 aromatic heterocycles. The van der Waals surface area contributed by atoms with Crippen LogP contribution in [0.25, 0.3) is 0 Å². The molecule has 0 radical (unpaired) electrons. The molecule has 1 fully saturated rings. The number of hydrogen-bond donors (Lipinski definition) is 2.